The molecule has 7 rings (SSSR count). The molecule has 4 saturated carbocycles. The van der Waals surface area contributed by atoms with Gasteiger partial charge in [-0.3, -0.25) is 9.53 Å². The van der Waals surface area contributed by atoms with E-state index < -0.39 is 12.5 Å². The van der Waals surface area contributed by atoms with Crippen LogP contribution in [0.4, 0.5) is 13.2 Å². The third-order valence-electron chi connectivity index (χ3n) is 6.70. The first-order valence-electron chi connectivity index (χ1n) is 10.1. The molecule has 4 aliphatic carbocycles. The van der Waals surface area contributed by atoms with Gasteiger partial charge in [-0.05, 0) is 50.3 Å². The summed E-state index contributed by atoms with van der Waals surface area (Å²) in [6, 6.07) is 5.53. The molecule has 1 N–H and O–H groups in total. The number of nitrogens with zero attached hydrogens (tertiary/aromatic N) is 4. The Labute approximate surface area is 173 Å². The lowest BCUT2D eigenvalue weighted by Crippen LogP contribution is -2.76. The van der Waals surface area contributed by atoms with Gasteiger partial charge < -0.3 is 14.1 Å². The minimum Gasteiger partial charge on any atom is -0.424 e. The molecule has 4 fully saturated rings. The van der Waals surface area contributed by atoms with Gasteiger partial charge in [-0.1, -0.05) is 0 Å². The normalized spacial score (nSPS) is 31.6. The number of amides is 1. The fraction of sp³-hybridized carbons (Fsp3) is 0.500. The first-order valence-corrected chi connectivity index (χ1v) is 10.1. The maximum absolute atomic E-state index is 12.6. The third-order valence-corrected chi connectivity index (χ3v) is 6.70. The summed E-state index contributed by atoms with van der Waals surface area (Å²) < 4.78 is 48.4. The second kappa shape index (κ2) is 6.06. The zero-order valence-corrected chi connectivity index (χ0v) is 16.2. The third kappa shape index (κ3) is 3.01. The lowest BCUT2D eigenvalue weighted by molar-refractivity contribution is -0.352. The highest BCUT2D eigenvalue weighted by atomic mass is 19.4. The molecule has 3 aromatic heterocycles. The van der Waals surface area contributed by atoms with Crippen molar-refractivity contribution in [3.63, 3.8) is 0 Å². The molecule has 2 bridgehead atoms. The lowest BCUT2D eigenvalue weighted by atomic mass is 9.39. The van der Waals surface area contributed by atoms with Crippen LogP contribution in [-0.2, 0) is 10.2 Å². The van der Waals surface area contributed by atoms with Crippen molar-refractivity contribution in [2.45, 2.75) is 61.4 Å². The predicted octanol–water partition coefficient (Wildman–Crippen LogP) is 3.10. The van der Waals surface area contributed by atoms with Crippen molar-refractivity contribution in [3.05, 3.63) is 48.2 Å². The maximum Gasteiger partial charge on any atom is 0.522 e. The number of hydrogen-bond acceptors (Lipinski definition) is 6. The van der Waals surface area contributed by atoms with Crippen LogP contribution in [-0.4, -0.2) is 43.5 Å². The summed E-state index contributed by atoms with van der Waals surface area (Å²) in [5, 5.41) is 11.3. The molecule has 8 nitrogen and oxygen atoms in total. The quantitative estimate of drug-likeness (QED) is 0.665. The molecule has 0 aliphatic heterocycles. The molecule has 3 heterocycles. The first kappa shape index (κ1) is 18.8. The SMILES string of the molecule is O=C(NC12CC(c3nnc([C@H]4C[C@@H](OC(F)(F)F)C4)o3)(C1)C2)c1cc2cccn2cn1. The van der Waals surface area contributed by atoms with Gasteiger partial charge >= 0.3 is 6.36 Å². The number of alkyl halides is 3. The van der Waals surface area contributed by atoms with Gasteiger partial charge in [-0.2, -0.15) is 0 Å². The zero-order valence-electron chi connectivity index (χ0n) is 16.2. The Morgan fingerprint density at radius 1 is 1.26 bits per heavy atom. The molecule has 31 heavy (non-hydrogen) atoms. The number of ether oxygens (including phenoxy) is 1. The monoisotopic (exact) mass is 433 g/mol. The second-order valence-corrected chi connectivity index (χ2v) is 8.96. The van der Waals surface area contributed by atoms with Gasteiger partial charge in [0.05, 0.1) is 17.8 Å². The minimum absolute atomic E-state index is 0.204. The van der Waals surface area contributed by atoms with Gasteiger partial charge in [0.2, 0.25) is 11.8 Å². The van der Waals surface area contributed by atoms with E-state index in [1.807, 2.05) is 22.7 Å². The van der Waals surface area contributed by atoms with Crippen LogP contribution in [0.2, 0.25) is 0 Å². The Kier molecular flexibility index (Phi) is 3.67. The Morgan fingerprint density at radius 3 is 2.77 bits per heavy atom. The van der Waals surface area contributed by atoms with E-state index in [0.717, 1.165) is 5.52 Å². The van der Waals surface area contributed by atoms with E-state index in [0.29, 0.717) is 36.7 Å². The van der Waals surface area contributed by atoms with E-state index in [-0.39, 0.29) is 35.6 Å². The molecule has 11 heteroatoms. The van der Waals surface area contributed by atoms with Gasteiger partial charge in [-0.25, -0.2) is 4.98 Å². The molecule has 3 aromatic rings. The highest BCUT2D eigenvalue weighted by molar-refractivity contribution is 5.94. The Morgan fingerprint density at radius 2 is 2.03 bits per heavy atom. The Hall–Kier alpha value is -2.95. The van der Waals surface area contributed by atoms with E-state index in [2.05, 4.69) is 25.2 Å². The van der Waals surface area contributed by atoms with Crippen LogP contribution in [0.1, 0.15) is 60.3 Å². The number of fused-ring (bicyclic) bond motifs is 1. The number of nitrogens with one attached hydrogen (secondary N) is 1. The summed E-state index contributed by atoms with van der Waals surface area (Å²) in [5.74, 6) is 0.453. The minimum atomic E-state index is -4.62. The van der Waals surface area contributed by atoms with Crippen molar-refractivity contribution in [1.82, 2.24) is 24.9 Å². The number of carbonyl (C=O) groups excluding carboxylic acids is 1. The van der Waals surface area contributed by atoms with Gasteiger partial charge in [0.1, 0.15) is 5.69 Å². The molecule has 0 spiro atoms. The average Bonchev–Trinajstić information content (AvgIpc) is 3.27. The molecule has 0 atom stereocenters. The predicted molar refractivity (Wildman–Crippen MR) is 98.1 cm³/mol. The van der Waals surface area contributed by atoms with Crippen LogP contribution < -0.4 is 5.32 Å². The fourth-order valence-electron chi connectivity index (χ4n) is 5.18. The van der Waals surface area contributed by atoms with E-state index in [1.54, 1.807) is 12.4 Å². The largest absolute Gasteiger partial charge is 0.522 e. The highest BCUT2D eigenvalue weighted by Crippen LogP contribution is 2.67. The van der Waals surface area contributed by atoms with E-state index in [4.69, 9.17) is 4.42 Å². The standard InChI is InChI=1S/C20H18F3N5O3/c21-20(22,23)31-13-4-11(5-13)16-26-27-17(30-16)18-7-19(8-18,9-18)25-15(29)14-6-12-2-1-3-28(12)10-24-14/h1-3,6,10-11,13H,4-5,7-9H2,(H,25,29)/t11-,13+,18?,19?. The van der Waals surface area contributed by atoms with Crippen molar-refractivity contribution in [3.8, 4) is 0 Å². The van der Waals surface area contributed by atoms with Gasteiger partial charge in [0.15, 0.2) is 0 Å². The molecule has 0 unspecified atom stereocenters. The number of aromatic nitrogens is 4. The lowest BCUT2D eigenvalue weighted by Gasteiger charge is -2.68. The molecular formula is C20H18F3N5O3. The summed E-state index contributed by atoms with van der Waals surface area (Å²) in [6.45, 7) is 0. The van der Waals surface area contributed by atoms with Crippen molar-refractivity contribution < 1.29 is 27.1 Å². The molecule has 4 aliphatic rings. The van der Waals surface area contributed by atoms with Crippen LogP contribution in [0.15, 0.2) is 35.1 Å². The fourth-order valence-corrected chi connectivity index (χ4v) is 5.18. The summed E-state index contributed by atoms with van der Waals surface area (Å²) in [4.78, 5) is 16.8. The van der Waals surface area contributed by atoms with Crippen LogP contribution in [0.3, 0.4) is 0 Å². The smallest absolute Gasteiger partial charge is 0.424 e. The summed E-state index contributed by atoms with van der Waals surface area (Å²) >= 11 is 0. The zero-order chi connectivity index (χ0) is 21.4. The van der Waals surface area contributed by atoms with Crippen molar-refractivity contribution in [1.29, 1.82) is 0 Å². The number of halogens is 3. The van der Waals surface area contributed by atoms with Crippen molar-refractivity contribution >= 4 is 11.4 Å². The number of carbonyl (C=O) groups is 1. The Bertz CT molecular complexity index is 1160. The molecule has 162 valence electrons. The summed E-state index contributed by atoms with van der Waals surface area (Å²) in [5.41, 5.74) is 0.726. The average molecular weight is 433 g/mol. The van der Waals surface area contributed by atoms with Gasteiger partial charge in [-0.15, -0.1) is 23.4 Å². The van der Waals surface area contributed by atoms with Crippen LogP contribution in [0.25, 0.3) is 5.52 Å². The molecule has 0 radical (unpaired) electrons. The first-order chi connectivity index (χ1) is 14.7. The Balaban J connectivity index is 1.06. The van der Waals surface area contributed by atoms with Gasteiger partial charge in [0.25, 0.3) is 5.91 Å². The highest BCUT2D eigenvalue weighted by Gasteiger charge is 2.72. The van der Waals surface area contributed by atoms with E-state index in [9.17, 15) is 18.0 Å². The van der Waals surface area contributed by atoms with E-state index in [1.165, 1.54) is 0 Å². The van der Waals surface area contributed by atoms with E-state index >= 15 is 0 Å². The second-order valence-electron chi connectivity index (χ2n) is 8.96. The summed E-state index contributed by atoms with van der Waals surface area (Å²) in [6.07, 6.45) is 0.526. The molecule has 0 saturated heterocycles. The van der Waals surface area contributed by atoms with Crippen LogP contribution in [0.5, 0.6) is 0 Å². The van der Waals surface area contributed by atoms with Crippen molar-refractivity contribution in [2.75, 3.05) is 0 Å². The number of rotatable bonds is 5. The summed E-state index contributed by atoms with van der Waals surface area (Å²) in [7, 11) is 0. The van der Waals surface area contributed by atoms with Gasteiger partial charge in [0, 0.05) is 23.2 Å². The number of hydrogen-bond donors (Lipinski definition) is 1. The molecule has 1 amide bonds. The molecular weight excluding hydrogens is 415 g/mol. The van der Waals surface area contributed by atoms with Crippen LogP contribution >= 0.6 is 0 Å². The maximum atomic E-state index is 12.6. The topological polar surface area (TPSA) is 94.5 Å². The van der Waals surface area contributed by atoms with Crippen LogP contribution in [0, 0.1) is 0 Å². The van der Waals surface area contributed by atoms with Crippen molar-refractivity contribution in [2.24, 2.45) is 0 Å². The molecule has 0 aromatic carbocycles.